The highest BCUT2D eigenvalue weighted by molar-refractivity contribution is 7.44. The third-order valence-corrected chi connectivity index (χ3v) is 1.65. The molecule has 0 aliphatic carbocycles. The van der Waals surface area contributed by atoms with Gasteiger partial charge in [-0.1, -0.05) is 5.11 Å². The number of quaternary nitrogens is 1. The third kappa shape index (κ3) is 8.00. The molecule has 9 heteroatoms. The van der Waals surface area contributed by atoms with Gasteiger partial charge in [-0.3, -0.25) is 4.57 Å². The standard InChI is InChI=1S/C5H13N4O4P/c1-9(2,3)4-5(7-8-6)13-14(10,11)12/h5H,4H2,1-3H3,(H-,10,11,12). The second-order valence-corrected chi connectivity index (χ2v) is 4.85. The minimum Gasteiger partial charge on any atom is -0.756 e. The monoisotopic (exact) mass is 224 g/mol. The van der Waals surface area contributed by atoms with Crippen LogP contribution in [0.15, 0.2) is 5.11 Å². The van der Waals surface area contributed by atoms with Crippen molar-refractivity contribution < 1.29 is 23.4 Å². The van der Waals surface area contributed by atoms with Crippen LogP contribution < -0.4 is 4.89 Å². The summed E-state index contributed by atoms with van der Waals surface area (Å²) >= 11 is 0. The quantitative estimate of drug-likeness (QED) is 0.229. The van der Waals surface area contributed by atoms with Gasteiger partial charge in [-0.25, -0.2) is 0 Å². The molecule has 0 saturated heterocycles. The van der Waals surface area contributed by atoms with Gasteiger partial charge in [-0.15, -0.1) is 0 Å². The lowest BCUT2D eigenvalue weighted by atomic mass is 10.5. The lowest BCUT2D eigenvalue weighted by Gasteiger charge is -2.28. The minimum absolute atomic E-state index is 0.136. The van der Waals surface area contributed by atoms with Gasteiger partial charge in [0, 0.05) is 4.91 Å². The molecule has 0 radical (unpaired) electrons. The van der Waals surface area contributed by atoms with Gasteiger partial charge in [0.15, 0.2) is 6.23 Å². The minimum atomic E-state index is -4.86. The molecule has 0 fully saturated rings. The molecule has 0 amide bonds. The fraction of sp³-hybridized carbons (Fsp3) is 1.00. The molecule has 0 saturated carbocycles. The van der Waals surface area contributed by atoms with Gasteiger partial charge in [0.25, 0.3) is 7.82 Å². The van der Waals surface area contributed by atoms with Crippen LogP contribution in [-0.4, -0.2) is 43.3 Å². The number of hydrogen-bond acceptors (Lipinski definition) is 4. The van der Waals surface area contributed by atoms with Crippen molar-refractivity contribution in [3.8, 4) is 0 Å². The Morgan fingerprint density at radius 2 is 2.21 bits per heavy atom. The Labute approximate surface area is 81.6 Å². The summed E-state index contributed by atoms with van der Waals surface area (Å²) in [5, 5.41) is 3.11. The first-order valence-corrected chi connectivity index (χ1v) is 5.20. The van der Waals surface area contributed by atoms with Crippen LogP contribution >= 0.6 is 7.82 Å². The molecule has 0 aliphatic heterocycles. The molecule has 0 aliphatic rings. The highest BCUT2D eigenvalue weighted by atomic mass is 31.2. The summed E-state index contributed by atoms with van der Waals surface area (Å²) in [6, 6.07) is 0. The smallest absolute Gasteiger partial charge is 0.265 e. The van der Waals surface area contributed by atoms with Crippen LogP contribution in [0.2, 0.25) is 0 Å². The Morgan fingerprint density at radius 1 is 1.71 bits per heavy atom. The van der Waals surface area contributed by atoms with E-state index in [1.807, 2.05) is 0 Å². The fourth-order valence-electron chi connectivity index (χ4n) is 0.771. The number of azide groups is 1. The normalized spacial score (nSPS) is 18.1. The van der Waals surface area contributed by atoms with E-state index in [1.165, 1.54) is 0 Å². The van der Waals surface area contributed by atoms with E-state index < -0.39 is 14.1 Å². The molecule has 2 unspecified atom stereocenters. The third-order valence-electron chi connectivity index (χ3n) is 1.14. The first-order chi connectivity index (χ1) is 6.14. The van der Waals surface area contributed by atoms with Crippen LogP contribution in [0.4, 0.5) is 0 Å². The first kappa shape index (κ1) is 13.4. The van der Waals surface area contributed by atoms with Gasteiger partial charge in [-0.2, -0.15) is 0 Å². The van der Waals surface area contributed by atoms with E-state index in [2.05, 4.69) is 14.5 Å². The average molecular weight is 224 g/mol. The van der Waals surface area contributed by atoms with Gasteiger partial charge < -0.3 is 18.8 Å². The molecule has 0 spiro atoms. The predicted molar refractivity (Wildman–Crippen MR) is 46.7 cm³/mol. The van der Waals surface area contributed by atoms with Crippen LogP contribution in [0.1, 0.15) is 0 Å². The fourth-order valence-corrected chi connectivity index (χ4v) is 1.19. The number of rotatable bonds is 5. The zero-order valence-electron chi connectivity index (χ0n) is 8.19. The predicted octanol–water partition coefficient (Wildman–Crippen LogP) is -0.194. The molecular weight excluding hydrogens is 211 g/mol. The van der Waals surface area contributed by atoms with Crippen LogP contribution in [0, 0.1) is 0 Å². The average Bonchev–Trinajstić information content (AvgIpc) is 1.78. The zero-order valence-corrected chi connectivity index (χ0v) is 9.09. The topological polar surface area (TPSA) is 118 Å². The van der Waals surface area contributed by atoms with E-state index in [1.54, 1.807) is 21.1 Å². The molecule has 1 N–H and O–H groups in total. The largest absolute Gasteiger partial charge is 0.756 e. The molecule has 0 heterocycles. The van der Waals surface area contributed by atoms with Crippen molar-refractivity contribution in [1.29, 1.82) is 0 Å². The summed E-state index contributed by atoms with van der Waals surface area (Å²) in [7, 11) is 0.418. The molecule has 0 bridgehead atoms. The number of phosphoric acid groups is 1. The molecule has 2 atom stereocenters. The molecule has 0 rings (SSSR count). The Kier molecular flexibility index (Phi) is 4.54. The maximum Gasteiger partial charge on any atom is 0.265 e. The van der Waals surface area contributed by atoms with Crippen molar-refractivity contribution in [3.63, 3.8) is 0 Å². The van der Waals surface area contributed by atoms with Crippen LogP contribution in [-0.2, 0) is 9.09 Å². The Bertz CT molecular complexity index is 276. The van der Waals surface area contributed by atoms with Crippen LogP contribution in [0.5, 0.6) is 0 Å². The number of likely N-dealkylation sites (N-methyl/N-ethyl adjacent to an activating group) is 1. The van der Waals surface area contributed by atoms with Crippen LogP contribution in [0.3, 0.4) is 0 Å². The molecule has 14 heavy (non-hydrogen) atoms. The highest BCUT2D eigenvalue weighted by Gasteiger charge is 2.21. The van der Waals surface area contributed by atoms with Crippen molar-refractivity contribution in [1.82, 2.24) is 0 Å². The molecular formula is C5H13N4O4P. The van der Waals surface area contributed by atoms with E-state index in [-0.39, 0.29) is 6.54 Å². The summed E-state index contributed by atoms with van der Waals surface area (Å²) in [4.78, 5) is 21.2. The number of phosphoric ester groups is 1. The molecule has 0 aromatic heterocycles. The van der Waals surface area contributed by atoms with Gasteiger partial charge in [0.1, 0.15) is 6.54 Å². The first-order valence-electron chi connectivity index (χ1n) is 3.71. The summed E-state index contributed by atoms with van der Waals surface area (Å²) in [6.07, 6.45) is -1.23. The van der Waals surface area contributed by atoms with Crippen molar-refractivity contribution in [2.24, 2.45) is 5.11 Å². The summed E-state index contributed by atoms with van der Waals surface area (Å²) in [6.45, 7) is 0.136. The van der Waals surface area contributed by atoms with Gasteiger partial charge >= 0.3 is 0 Å². The van der Waals surface area contributed by atoms with Crippen molar-refractivity contribution in [2.75, 3.05) is 27.7 Å². The van der Waals surface area contributed by atoms with Crippen molar-refractivity contribution >= 4 is 7.82 Å². The molecule has 82 valence electrons. The zero-order chi connectivity index (χ0) is 11.4. The van der Waals surface area contributed by atoms with Crippen molar-refractivity contribution in [3.05, 3.63) is 10.4 Å². The highest BCUT2D eigenvalue weighted by Crippen LogP contribution is 2.33. The Balaban J connectivity index is 4.47. The maximum atomic E-state index is 10.4. The summed E-state index contributed by atoms with van der Waals surface area (Å²) < 4.78 is 14.9. The van der Waals surface area contributed by atoms with Gasteiger partial charge in [-0.05, 0) is 5.53 Å². The van der Waals surface area contributed by atoms with Gasteiger partial charge in [0.05, 0.1) is 21.1 Å². The van der Waals surface area contributed by atoms with E-state index >= 15 is 0 Å². The lowest BCUT2D eigenvalue weighted by Crippen LogP contribution is -2.41. The van der Waals surface area contributed by atoms with E-state index in [9.17, 15) is 9.46 Å². The van der Waals surface area contributed by atoms with E-state index in [0.717, 1.165) is 0 Å². The molecule has 0 aromatic rings. The van der Waals surface area contributed by atoms with E-state index in [0.29, 0.717) is 4.48 Å². The SMILES string of the molecule is C[N+](C)(C)CC(N=[N+]=[N-])OP(=O)([O-])O. The Hall–Kier alpha value is -0.620. The molecule has 0 aromatic carbocycles. The Morgan fingerprint density at radius 3 is 2.50 bits per heavy atom. The second-order valence-electron chi connectivity index (χ2n) is 3.71. The van der Waals surface area contributed by atoms with Gasteiger partial charge in [0.2, 0.25) is 0 Å². The number of nitrogens with zero attached hydrogens (tertiary/aromatic N) is 4. The lowest BCUT2D eigenvalue weighted by molar-refractivity contribution is -0.873. The van der Waals surface area contributed by atoms with Crippen LogP contribution in [0.25, 0.3) is 10.4 Å². The van der Waals surface area contributed by atoms with E-state index in [4.69, 9.17) is 10.4 Å². The van der Waals surface area contributed by atoms with Crippen molar-refractivity contribution in [2.45, 2.75) is 6.23 Å². The second kappa shape index (κ2) is 4.75. The maximum absolute atomic E-state index is 10.4. The summed E-state index contributed by atoms with van der Waals surface area (Å²) in [5.74, 6) is 0. The summed E-state index contributed by atoms with van der Waals surface area (Å²) in [5.41, 5.74) is 8.13. The number of hydrogen-bond donors (Lipinski definition) is 1. The molecule has 8 nitrogen and oxygen atoms in total.